The van der Waals surface area contributed by atoms with E-state index < -0.39 is 14.6 Å². The summed E-state index contributed by atoms with van der Waals surface area (Å²) < 4.78 is 17.5. The number of nitrogens with zero attached hydrogens (tertiary/aromatic N) is 5. The molecule has 0 aliphatic heterocycles. The summed E-state index contributed by atoms with van der Waals surface area (Å²) >= 11 is 0. The Hall–Kier alpha value is -4.17. The number of likely N-dealkylation sites (N-methyl/N-ethyl adjacent to an activating group) is 1. The Kier molecular flexibility index (Phi) is 8.12. The minimum Gasteiger partial charge on any atom is -0.321 e. The van der Waals surface area contributed by atoms with Crippen molar-refractivity contribution in [3.8, 4) is 28.3 Å². The van der Waals surface area contributed by atoms with E-state index in [9.17, 15) is 24.4 Å². The third-order valence-electron chi connectivity index (χ3n) is 5.46. The van der Waals surface area contributed by atoms with Gasteiger partial charge in [-0.2, -0.15) is 5.26 Å². The van der Waals surface area contributed by atoms with E-state index in [2.05, 4.69) is 21.4 Å². The van der Waals surface area contributed by atoms with Gasteiger partial charge in [0.2, 0.25) is 5.91 Å². The third kappa shape index (κ3) is 6.77. The van der Waals surface area contributed by atoms with Crippen molar-refractivity contribution in [2.24, 2.45) is 0 Å². The number of nitriles is 1. The second-order valence-corrected chi connectivity index (χ2v) is 9.90. The highest BCUT2D eigenvalue weighted by molar-refractivity contribution is 7.46. The molecule has 0 unspecified atom stereocenters. The molecule has 1 amide bonds. The summed E-state index contributed by atoms with van der Waals surface area (Å²) in [6.07, 6.45) is 9.68. The molecule has 194 valence electrons. The van der Waals surface area contributed by atoms with Crippen LogP contribution in [-0.4, -0.2) is 55.8 Å². The van der Waals surface area contributed by atoms with Gasteiger partial charge in [0.25, 0.3) is 0 Å². The molecule has 12 heteroatoms. The third-order valence-corrected chi connectivity index (χ3v) is 5.91. The van der Waals surface area contributed by atoms with Crippen LogP contribution in [0.4, 0.5) is 5.69 Å². The van der Waals surface area contributed by atoms with Crippen molar-refractivity contribution in [3.63, 3.8) is 0 Å². The normalized spacial score (nSPS) is 11.8. The molecule has 0 atom stereocenters. The van der Waals surface area contributed by atoms with Gasteiger partial charge in [-0.05, 0) is 43.9 Å². The molecule has 0 radical (unpaired) electrons. The van der Waals surface area contributed by atoms with Crippen LogP contribution in [-0.2, 0) is 20.6 Å². The van der Waals surface area contributed by atoms with Crippen LogP contribution in [0, 0.1) is 11.3 Å². The van der Waals surface area contributed by atoms with Crippen molar-refractivity contribution in [2.45, 2.75) is 6.73 Å². The van der Waals surface area contributed by atoms with Crippen LogP contribution in [0.2, 0.25) is 0 Å². The van der Waals surface area contributed by atoms with E-state index in [4.69, 9.17) is 4.52 Å². The number of carbonyl (C=O) groups is 1. The number of benzene rings is 1. The summed E-state index contributed by atoms with van der Waals surface area (Å²) in [6.45, 7) is 0.214. The fourth-order valence-electron chi connectivity index (χ4n) is 3.77. The van der Waals surface area contributed by atoms with E-state index >= 15 is 0 Å². The summed E-state index contributed by atoms with van der Waals surface area (Å²) in [5.74, 6) is -0.277. The number of hydrogen-bond acceptors (Lipinski definition) is 7. The summed E-state index contributed by atoms with van der Waals surface area (Å²) in [7, 11) is -0.898. The highest BCUT2D eigenvalue weighted by atomic mass is 31.2. The number of fused-ring (bicyclic) bond motifs is 1. The highest BCUT2D eigenvalue weighted by Crippen LogP contribution is 2.38. The Balaban J connectivity index is 1.72. The van der Waals surface area contributed by atoms with Gasteiger partial charge in [-0.25, -0.2) is 9.55 Å². The van der Waals surface area contributed by atoms with E-state index in [1.165, 1.54) is 10.6 Å². The molecule has 38 heavy (non-hydrogen) atoms. The zero-order chi connectivity index (χ0) is 27.3. The molecular formula is C26H25N6O5P. The van der Waals surface area contributed by atoms with E-state index in [0.717, 1.165) is 5.56 Å². The minimum atomic E-state index is -4.71. The predicted molar refractivity (Wildman–Crippen MR) is 143 cm³/mol. The number of anilines is 1. The van der Waals surface area contributed by atoms with Crippen molar-refractivity contribution in [1.82, 2.24) is 19.4 Å². The number of nitrogens with one attached hydrogen (secondary N) is 1. The number of carbonyl (C=O) groups excluding carboxylic acids is 1. The molecule has 3 aromatic heterocycles. The lowest BCUT2D eigenvalue weighted by molar-refractivity contribution is -0.111. The first kappa shape index (κ1) is 26.9. The largest absolute Gasteiger partial charge is 0.471 e. The molecule has 0 spiro atoms. The molecular weight excluding hydrogens is 507 g/mol. The Bertz CT molecular complexity index is 1600. The van der Waals surface area contributed by atoms with E-state index in [-0.39, 0.29) is 5.91 Å². The molecule has 0 aliphatic carbocycles. The maximum absolute atomic E-state index is 12.3. The van der Waals surface area contributed by atoms with Crippen LogP contribution in [0.5, 0.6) is 0 Å². The molecule has 0 aliphatic rings. The summed E-state index contributed by atoms with van der Waals surface area (Å²) in [5, 5.41) is 12.8. The van der Waals surface area contributed by atoms with Crippen LogP contribution in [0.25, 0.3) is 33.3 Å². The number of hydrogen-bond donors (Lipinski definition) is 3. The smallest absolute Gasteiger partial charge is 0.321 e. The first-order chi connectivity index (χ1) is 18.1. The average Bonchev–Trinajstić information content (AvgIpc) is 3.25. The number of phosphoric acid groups is 1. The molecule has 11 nitrogen and oxygen atoms in total. The maximum atomic E-state index is 12.3. The van der Waals surface area contributed by atoms with Crippen molar-refractivity contribution in [3.05, 3.63) is 78.9 Å². The lowest BCUT2D eigenvalue weighted by atomic mass is 10.0. The van der Waals surface area contributed by atoms with Crippen LogP contribution >= 0.6 is 7.82 Å². The van der Waals surface area contributed by atoms with Gasteiger partial charge in [0.1, 0.15) is 12.4 Å². The number of amides is 1. The van der Waals surface area contributed by atoms with Crippen molar-refractivity contribution < 1.29 is 23.7 Å². The van der Waals surface area contributed by atoms with E-state index in [1.54, 1.807) is 55.1 Å². The zero-order valence-corrected chi connectivity index (χ0v) is 21.5. The Morgan fingerprint density at radius 1 is 1.18 bits per heavy atom. The van der Waals surface area contributed by atoms with Crippen molar-refractivity contribution >= 4 is 30.5 Å². The minimum absolute atomic E-state index is 0.277. The van der Waals surface area contributed by atoms with Crippen LogP contribution < -0.4 is 5.32 Å². The maximum Gasteiger partial charge on any atom is 0.471 e. The van der Waals surface area contributed by atoms with Gasteiger partial charge in [-0.1, -0.05) is 18.2 Å². The fourth-order valence-corrected chi connectivity index (χ4v) is 4.05. The van der Waals surface area contributed by atoms with E-state index in [0.29, 0.717) is 45.5 Å². The van der Waals surface area contributed by atoms with Crippen LogP contribution in [0.1, 0.15) is 5.56 Å². The molecule has 0 saturated carbocycles. The molecule has 4 rings (SSSR count). The first-order valence-corrected chi connectivity index (χ1v) is 12.9. The van der Waals surface area contributed by atoms with Gasteiger partial charge in [0.15, 0.2) is 0 Å². The predicted octanol–water partition coefficient (Wildman–Crippen LogP) is 3.76. The zero-order valence-electron chi connectivity index (χ0n) is 20.6. The molecule has 0 fully saturated rings. The molecule has 1 aromatic carbocycles. The second kappa shape index (κ2) is 11.5. The number of aromatic nitrogens is 3. The Morgan fingerprint density at radius 2 is 1.97 bits per heavy atom. The molecule has 0 bridgehead atoms. The second-order valence-electron chi connectivity index (χ2n) is 8.67. The number of rotatable bonds is 9. The van der Waals surface area contributed by atoms with Gasteiger partial charge < -0.3 is 24.6 Å². The standard InChI is InChI=1S/C26H25N6O5P/c1-31(2)8-4-7-25(33)30-22-10-20(13-28-15-22)21-11-23-24(19-6-3-5-18(9-19)12-27)16-32(26(23)29-14-21)17-37-38(34,35)36/h3-7,9-11,13-16H,8,17H2,1-2H3,(H,30,33)(H2,34,35,36)/b7-4+. The Labute approximate surface area is 218 Å². The summed E-state index contributed by atoms with van der Waals surface area (Å²) in [4.78, 5) is 41.3. The molecule has 3 heterocycles. The molecule has 4 aromatic rings. The number of phosphoric ester groups is 1. The Morgan fingerprint density at radius 3 is 2.71 bits per heavy atom. The lowest BCUT2D eigenvalue weighted by Crippen LogP contribution is -2.13. The number of pyridine rings is 2. The molecule has 0 saturated heterocycles. The van der Waals surface area contributed by atoms with Crippen molar-refractivity contribution in [1.29, 1.82) is 5.26 Å². The van der Waals surface area contributed by atoms with Gasteiger partial charge in [0, 0.05) is 53.3 Å². The fraction of sp³-hybridized carbons (Fsp3) is 0.154. The summed E-state index contributed by atoms with van der Waals surface area (Å²) in [5.41, 5.74) is 4.24. The van der Waals surface area contributed by atoms with Gasteiger partial charge in [-0.15, -0.1) is 0 Å². The highest BCUT2D eigenvalue weighted by Gasteiger charge is 2.18. The van der Waals surface area contributed by atoms with Crippen molar-refractivity contribution in [2.75, 3.05) is 26.0 Å². The molecule has 3 N–H and O–H groups in total. The quantitative estimate of drug-likeness (QED) is 0.216. The van der Waals surface area contributed by atoms with Gasteiger partial charge in [0.05, 0.1) is 23.5 Å². The summed E-state index contributed by atoms with van der Waals surface area (Å²) in [6, 6.07) is 12.7. The topological polar surface area (TPSA) is 154 Å². The van der Waals surface area contributed by atoms with Crippen LogP contribution in [0.15, 0.2) is 73.3 Å². The first-order valence-electron chi connectivity index (χ1n) is 11.4. The van der Waals surface area contributed by atoms with E-state index in [1.807, 2.05) is 31.1 Å². The van der Waals surface area contributed by atoms with Gasteiger partial charge in [-0.3, -0.25) is 14.3 Å². The van der Waals surface area contributed by atoms with Crippen LogP contribution in [0.3, 0.4) is 0 Å². The monoisotopic (exact) mass is 532 g/mol. The average molecular weight is 532 g/mol. The SMILES string of the molecule is CN(C)C/C=C/C(=O)Nc1cncc(-c2cnc3c(c2)c(-c2cccc(C#N)c2)cn3COP(=O)(O)O)c1. The lowest BCUT2D eigenvalue weighted by Gasteiger charge is -2.08. The van der Waals surface area contributed by atoms with Gasteiger partial charge >= 0.3 is 7.82 Å².